The molecule has 1 heterocycles. The van der Waals surface area contributed by atoms with Crippen molar-refractivity contribution in [1.82, 2.24) is 5.32 Å². The maximum Gasteiger partial charge on any atom is 0.268 e. The molecule has 1 aromatic rings. The number of hydrogen-bond donors (Lipinski definition) is 2. The van der Waals surface area contributed by atoms with Gasteiger partial charge in [-0.25, -0.2) is 0 Å². The number of amides is 2. The fraction of sp³-hybridized carbons (Fsp3) is 0.467. The van der Waals surface area contributed by atoms with Crippen molar-refractivity contribution in [2.75, 3.05) is 37.4 Å². The molecule has 0 radical (unpaired) electrons. The molecule has 1 aliphatic rings. The van der Waals surface area contributed by atoms with Gasteiger partial charge < -0.3 is 20.5 Å². The van der Waals surface area contributed by atoms with Crippen LogP contribution in [0, 0.1) is 0 Å². The molecule has 0 aliphatic carbocycles. The Morgan fingerprint density at radius 1 is 1.50 bits per heavy atom. The molecular weight excluding hydrogens is 286 g/mol. The highest BCUT2D eigenvalue weighted by Gasteiger charge is 2.34. The van der Waals surface area contributed by atoms with E-state index in [9.17, 15) is 9.59 Å². The minimum Gasteiger partial charge on any atom is -0.478 e. The van der Waals surface area contributed by atoms with Gasteiger partial charge in [-0.15, -0.1) is 0 Å². The summed E-state index contributed by atoms with van der Waals surface area (Å²) in [7, 11) is 1.56. The summed E-state index contributed by atoms with van der Waals surface area (Å²) in [5.74, 6) is 0.0581. The fourth-order valence-corrected chi connectivity index (χ4v) is 2.26. The summed E-state index contributed by atoms with van der Waals surface area (Å²) in [4.78, 5) is 25.9. The number of methoxy groups -OCH3 is 1. The fourth-order valence-electron chi connectivity index (χ4n) is 2.26. The van der Waals surface area contributed by atoms with Gasteiger partial charge in [-0.2, -0.15) is 0 Å². The van der Waals surface area contributed by atoms with E-state index in [1.807, 2.05) is 6.92 Å². The van der Waals surface area contributed by atoms with E-state index in [1.165, 1.54) is 4.90 Å². The molecule has 7 heteroatoms. The maximum atomic E-state index is 12.4. The lowest BCUT2D eigenvalue weighted by atomic mass is 10.1. The van der Waals surface area contributed by atoms with E-state index in [-0.39, 0.29) is 18.4 Å². The Morgan fingerprint density at radius 2 is 2.27 bits per heavy atom. The van der Waals surface area contributed by atoms with Crippen molar-refractivity contribution in [3.63, 3.8) is 0 Å². The first-order chi connectivity index (χ1) is 10.6. The van der Waals surface area contributed by atoms with E-state index in [0.717, 1.165) is 0 Å². The van der Waals surface area contributed by atoms with Crippen LogP contribution in [0.5, 0.6) is 5.75 Å². The number of nitrogens with one attached hydrogen (secondary N) is 1. The molecule has 0 fully saturated rings. The molecule has 1 unspecified atom stereocenters. The highest BCUT2D eigenvalue weighted by molar-refractivity contribution is 6.04. The lowest BCUT2D eigenvalue weighted by Gasteiger charge is -2.33. The number of fused-ring (bicyclic) bond motifs is 1. The highest BCUT2D eigenvalue weighted by Crippen LogP contribution is 2.36. The molecule has 0 bridgehead atoms. The van der Waals surface area contributed by atoms with E-state index in [1.54, 1.807) is 25.3 Å². The molecule has 3 N–H and O–H groups in total. The first-order valence-corrected chi connectivity index (χ1v) is 7.20. The van der Waals surface area contributed by atoms with Crippen LogP contribution in [0.1, 0.15) is 13.3 Å². The summed E-state index contributed by atoms with van der Waals surface area (Å²) in [6.07, 6.45) is -0.0735. The zero-order valence-corrected chi connectivity index (χ0v) is 12.8. The maximum absolute atomic E-state index is 12.4. The number of carbonyl (C=O) groups excluding carboxylic acids is 2. The molecule has 22 heavy (non-hydrogen) atoms. The third-order valence-electron chi connectivity index (χ3n) is 3.39. The van der Waals surface area contributed by atoms with Crippen molar-refractivity contribution >= 4 is 23.2 Å². The Balaban J connectivity index is 2.17. The lowest BCUT2D eigenvalue weighted by Crippen LogP contribution is -2.49. The van der Waals surface area contributed by atoms with Crippen molar-refractivity contribution in [2.24, 2.45) is 0 Å². The molecule has 0 spiro atoms. The minimum absolute atomic E-state index is 0.0562. The molecule has 1 aliphatic heterocycles. The normalized spacial score (nSPS) is 16.9. The van der Waals surface area contributed by atoms with Crippen LogP contribution in [-0.4, -0.2) is 44.7 Å². The Kier molecular flexibility index (Phi) is 5.21. The Hall–Kier alpha value is -2.28. The van der Waals surface area contributed by atoms with Crippen LogP contribution in [0.4, 0.5) is 11.4 Å². The number of carbonyl (C=O) groups is 2. The number of rotatable bonds is 6. The van der Waals surface area contributed by atoms with Crippen molar-refractivity contribution in [3.05, 3.63) is 18.2 Å². The number of hydrogen-bond acceptors (Lipinski definition) is 5. The third-order valence-corrected chi connectivity index (χ3v) is 3.39. The third kappa shape index (κ3) is 3.48. The summed E-state index contributed by atoms with van der Waals surface area (Å²) in [5, 5.41) is 2.70. The van der Waals surface area contributed by atoms with Gasteiger partial charge in [0.25, 0.3) is 5.91 Å². The van der Waals surface area contributed by atoms with Crippen molar-refractivity contribution in [3.8, 4) is 5.75 Å². The van der Waals surface area contributed by atoms with Gasteiger partial charge in [0, 0.05) is 25.4 Å². The standard InChI is InChI=1S/C15H21N3O4/c1-3-12-15(20)18(9-14(19)17-6-7-21-2)11-5-4-10(16)8-13(11)22-12/h4-5,8,12H,3,6-7,9,16H2,1-2H3,(H,17,19). The second-order valence-electron chi connectivity index (χ2n) is 5.01. The molecule has 1 aromatic carbocycles. The van der Waals surface area contributed by atoms with Crippen LogP contribution < -0.4 is 20.7 Å². The average molecular weight is 307 g/mol. The monoisotopic (exact) mass is 307 g/mol. The van der Waals surface area contributed by atoms with Gasteiger partial charge in [-0.1, -0.05) is 6.92 Å². The Morgan fingerprint density at radius 3 is 2.95 bits per heavy atom. The smallest absolute Gasteiger partial charge is 0.268 e. The first-order valence-electron chi connectivity index (χ1n) is 7.20. The number of ether oxygens (including phenoxy) is 2. The first kappa shape index (κ1) is 16.1. The number of nitrogen functional groups attached to an aromatic ring is 1. The Bertz CT molecular complexity index is 562. The molecule has 2 amide bonds. The van der Waals surface area contributed by atoms with Crippen molar-refractivity contribution < 1.29 is 19.1 Å². The van der Waals surface area contributed by atoms with Crippen LogP contribution in [0.25, 0.3) is 0 Å². The summed E-state index contributed by atoms with van der Waals surface area (Å²) in [6.45, 7) is 2.63. The quantitative estimate of drug-likeness (QED) is 0.591. The predicted octanol–water partition coefficient (Wildman–Crippen LogP) is 0.535. The Labute approximate surface area is 129 Å². The van der Waals surface area contributed by atoms with Crippen LogP contribution in [0.2, 0.25) is 0 Å². The molecule has 120 valence electrons. The van der Waals surface area contributed by atoms with Crippen molar-refractivity contribution in [2.45, 2.75) is 19.4 Å². The van der Waals surface area contributed by atoms with Crippen LogP contribution in [0.3, 0.4) is 0 Å². The predicted molar refractivity (Wildman–Crippen MR) is 82.8 cm³/mol. The van der Waals surface area contributed by atoms with Gasteiger partial charge in [0.15, 0.2) is 6.10 Å². The van der Waals surface area contributed by atoms with E-state index >= 15 is 0 Å². The lowest BCUT2D eigenvalue weighted by molar-refractivity contribution is -0.129. The van der Waals surface area contributed by atoms with E-state index in [2.05, 4.69) is 5.32 Å². The second kappa shape index (κ2) is 7.13. The molecular formula is C15H21N3O4. The van der Waals surface area contributed by atoms with Crippen LogP contribution in [0.15, 0.2) is 18.2 Å². The molecule has 0 saturated carbocycles. The summed E-state index contributed by atoms with van der Waals surface area (Å²) >= 11 is 0. The van der Waals surface area contributed by atoms with E-state index in [0.29, 0.717) is 36.7 Å². The van der Waals surface area contributed by atoms with Gasteiger partial charge >= 0.3 is 0 Å². The van der Waals surface area contributed by atoms with Gasteiger partial charge in [0.1, 0.15) is 12.3 Å². The number of nitrogens with zero attached hydrogens (tertiary/aromatic N) is 1. The summed E-state index contributed by atoms with van der Waals surface area (Å²) in [6, 6.07) is 5.04. The molecule has 0 aromatic heterocycles. The summed E-state index contributed by atoms with van der Waals surface area (Å²) in [5.41, 5.74) is 6.86. The van der Waals surface area contributed by atoms with Crippen molar-refractivity contribution in [1.29, 1.82) is 0 Å². The van der Waals surface area contributed by atoms with Crippen LogP contribution >= 0.6 is 0 Å². The topological polar surface area (TPSA) is 93.9 Å². The van der Waals surface area contributed by atoms with Gasteiger partial charge in [-0.3, -0.25) is 14.5 Å². The molecule has 0 saturated heterocycles. The zero-order valence-electron chi connectivity index (χ0n) is 12.8. The summed E-state index contributed by atoms with van der Waals surface area (Å²) < 4.78 is 10.5. The SMILES string of the molecule is CCC1Oc2cc(N)ccc2N(CC(=O)NCCOC)C1=O. The highest BCUT2D eigenvalue weighted by atomic mass is 16.5. The van der Waals surface area contributed by atoms with Gasteiger partial charge in [-0.05, 0) is 18.6 Å². The van der Waals surface area contributed by atoms with Gasteiger partial charge in [0.05, 0.1) is 12.3 Å². The molecule has 1 atom stereocenters. The van der Waals surface area contributed by atoms with E-state index < -0.39 is 6.10 Å². The minimum atomic E-state index is -0.596. The number of anilines is 2. The second-order valence-corrected chi connectivity index (χ2v) is 5.01. The molecule has 7 nitrogen and oxygen atoms in total. The zero-order chi connectivity index (χ0) is 16.1. The molecule has 2 rings (SSSR count). The van der Waals surface area contributed by atoms with E-state index in [4.69, 9.17) is 15.2 Å². The number of benzene rings is 1. The average Bonchev–Trinajstić information content (AvgIpc) is 2.50. The number of nitrogens with two attached hydrogens (primary N) is 1. The van der Waals surface area contributed by atoms with Gasteiger partial charge in [0.2, 0.25) is 5.91 Å². The largest absolute Gasteiger partial charge is 0.478 e. The van der Waals surface area contributed by atoms with Crippen LogP contribution in [-0.2, 0) is 14.3 Å².